The highest BCUT2D eigenvalue weighted by Gasteiger charge is 2.35. The Kier molecular flexibility index (Phi) is 5.22. The third kappa shape index (κ3) is 3.69. The van der Waals surface area contributed by atoms with Crippen molar-refractivity contribution in [3.8, 4) is 0 Å². The lowest BCUT2D eigenvalue weighted by molar-refractivity contribution is -0.144. The second-order valence-corrected chi connectivity index (χ2v) is 6.09. The van der Waals surface area contributed by atoms with Gasteiger partial charge in [0.2, 0.25) is 0 Å². The molecule has 0 aromatic heterocycles. The van der Waals surface area contributed by atoms with Gasteiger partial charge in [0.1, 0.15) is 0 Å². The number of esters is 1. The molecule has 2 fully saturated rings. The molecule has 3 unspecified atom stereocenters. The van der Waals surface area contributed by atoms with Gasteiger partial charge in [-0.2, -0.15) is 0 Å². The van der Waals surface area contributed by atoms with Crippen LogP contribution in [0.5, 0.6) is 0 Å². The van der Waals surface area contributed by atoms with E-state index >= 15 is 0 Å². The summed E-state index contributed by atoms with van der Waals surface area (Å²) in [5.41, 5.74) is 0. The monoisotopic (exact) mass is 268 g/mol. The van der Waals surface area contributed by atoms with Crippen molar-refractivity contribution in [3.63, 3.8) is 0 Å². The molecule has 0 aliphatic carbocycles. The van der Waals surface area contributed by atoms with E-state index in [9.17, 15) is 4.79 Å². The van der Waals surface area contributed by atoms with Crippen LogP contribution in [0.2, 0.25) is 0 Å². The molecule has 3 atom stereocenters. The Balaban J connectivity index is 1.84. The number of carbonyl (C=O) groups excluding carboxylic acids is 1. The summed E-state index contributed by atoms with van der Waals surface area (Å²) in [6, 6.07) is 1.08. The average Bonchev–Trinajstić information content (AvgIpc) is 2.38. The first-order valence-electron chi connectivity index (χ1n) is 7.71. The van der Waals surface area contributed by atoms with Gasteiger partial charge < -0.3 is 9.64 Å². The molecule has 2 saturated heterocycles. The van der Waals surface area contributed by atoms with Gasteiger partial charge in [0.05, 0.1) is 13.0 Å². The highest BCUT2D eigenvalue weighted by Crippen LogP contribution is 2.30. The molecule has 0 radical (unpaired) electrons. The van der Waals surface area contributed by atoms with Gasteiger partial charge >= 0.3 is 5.97 Å². The van der Waals surface area contributed by atoms with Crippen LogP contribution in [0.4, 0.5) is 0 Å². The maximum Gasteiger partial charge on any atom is 0.307 e. The van der Waals surface area contributed by atoms with Crippen molar-refractivity contribution in [1.29, 1.82) is 0 Å². The topological polar surface area (TPSA) is 32.8 Å². The smallest absolute Gasteiger partial charge is 0.307 e. The van der Waals surface area contributed by atoms with Crippen LogP contribution in [0.25, 0.3) is 0 Å². The van der Waals surface area contributed by atoms with Crippen LogP contribution < -0.4 is 0 Å². The Labute approximate surface area is 117 Å². The molecule has 2 rings (SSSR count). The number of likely N-dealkylation sites (tertiary alicyclic amines) is 2. The molecular weight excluding hydrogens is 240 g/mol. The van der Waals surface area contributed by atoms with Crippen molar-refractivity contribution < 1.29 is 9.53 Å². The zero-order chi connectivity index (χ0) is 13.8. The fraction of sp³-hybridized carbons (Fsp3) is 0.933. The summed E-state index contributed by atoms with van der Waals surface area (Å²) in [4.78, 5) is 16.6. The summed E-state index contributed by atoms with van der Waals surface area (Å²) in [5.74, 6) is 0.732. The van der Waals surface area contributed by atoms with E-state index in [1.54, 1.807) is 0 Å². The molecule has 19 heavy (non-hydrogen) atoms. The van der Waals surface area contributed by atoms with Gasteiger partial charge in [-0.15, -0.1) is 0 Å². The number of nitrogens with zero attached hydrogens (tertiary/aromatic N) is 2. The molecule has 0 amide bonds. The first-order valence-corrected chi connectivity index (χ1v) is 7.71. The van der Waals surface area contributed by atoms with Crippen LogP contribution in [-0.4, -0.2) is 61.1 Å². The molecule has 0 bridgehead atoms. The van der Waals surface area contributed by atoms with E-state index < -0.39 is 0 Å². The molecule has 0 saturated carbocycles. The molecule has 0 aromatic rings. The second-order valence-electron chi connectivity index (χ2n) is 6.09. The fourth-order valence-corrected chi connectivity index (χ4v) is 3.67. The maximum absolute atomic E-state index is 11.6. The van der Waals surface area contributed by atoms with Crippen LogP contribution in [0.3, 0.4) is 0 Å². The number of hydrogen-bond donors (Lipinski definition) is 0. The summed E-state index contributed by atoms with van der Waals surface area (Å²) in [6.07, 6.45) is 4.44. The SMILES string of the molecule is CCOC(=O)CC(C)N1CCC2C(CCCN2C)C1. The highest BCUT2D eigenvalue weighted by atomic mass is 16.5. The van der Waals surface area contributed by atoms with E-state index in [0.717, 1.165) is 25.0 Å². The summed E-state index contributed by atoms with van der Waals surface area (Å²) in [6.45, 7) is 8.03. The predicted octanol–water partition coefficient (Wildman–Crippen LogP) is 1.74. The van der Waals surface area contributed by atoms with Gasteiger partial charge in [-0.3, -0.25) is 9.69 Å². The standard InChI is InChI=1S/C15H28N2O2/c1-4-19-15(18)10-12(2)17-9-7-14-13(11-17)6-5-8-16(14)3/h12-14H,4-11H2,1-3H3. The number of hydrogen-bond acceptors (Lipinski definition) is 4. The van der Waals surface area contributed by atoms with Gasteiger partial charge in [0.25, 0.3) is 0 Å². The minimum atomic E-state index is -0.0575. The van der Waals surface area contributed by atoms with Crippen molar-refractivity contribution in [2.75, 3.05) is 33.3 Å². The number of fused-ring (bicyclic) bond motifs is 1. The lowest BCUT2D eigenvalue weighted by atomic mass is 9.83. The van der Waals surface area contributed by atoms with Crippen molar-refractivity contribution in [2.24, 2.45) is 5.92 Å². The summed E-state index contributed by atoms with van der Waals surface area (Å²) in [5, 5.41) is 0. The second kappa shape index (κ2) is 6.71. The molecule has 2 aliphatic heterocycles. The molecule has 4 heteroatoms. The molecule has 4 nitrogen and oxygen atoms in total. The molecular formula is C15H28N2O2. The van der Waals surface area contributed by atoms with Gasteiger partial charge in [0, 0.05) is 18.6 Å². The zero-order valence-corrected chi connectivity index (χ0v) is 12.6. The van der Waals surface area contributed by atoms with E-state index in [4.69, 9.17) is 4.74 Å². The highest BCUT2D eigenvalue weighted by molar-refractivity contribution is 5.70. The van der Waals surface area contributed by atoms with Gasteiger partial charge in [0.15, 0.2) is 0 Å². The van der Waals surface area contributed by atoms with E-state index in [1.807, 2.05) is 6.92 Å². The van der Waals surface area contributed by atoms with Crippen LogP contribution in [0, 0.1) is 5.92 Å². The van der Waals surface area contributed by atoms with Crippen molar-refractivity contribution in [3.05, 3.63) is 0 Å². The summed E-state index contributed by atoms with van der Waals surface area (Å²) in [7, 11) is 2.26. The molecule has 0 N–H and O–H groups in total. The Hall–Kier alpha value is -0.610. The Bertz CT molecular complexity index is 309. The number of rotatable bonds is 4. The van der Waals surface area contributed by atoms with E-state index in [2.05, 4.69) is 23.8 Å². The minimum Gasteiger partial charge on any atom is -0.466 e. The van der Waals surface area contributed by atoms with Gasteiger partial charge in [-0.1, -0.05) is 0 Å². The lowest BCUT2D eigenvalue weighted by Gasteiger charge is -2.47. The van der Waals surface area contributed by atoms with E-state index in [-0.39, 0.29) is 5.97 Å². The zero-order valence-electron chi connectivity index (χ0n) is 12.6. The number of carbonyl (C=O) groups is 1. The normalized spacial score (nSPS) is 30.7. The third-order valence-electron chi connectivity index (χ3n) is 4.77. The van der Waals surface area contributed by atoms with Crippen molar-refractivity contribution in [2.45, 2.75) is 51.6 Å². The van der Waals surface area contributed by atoms with Gasteiger partial charge in [-0.25, -0.2) is 0 Å². The molecule has 0 aromatic carbocycles. The number of piperidine rings is 2. The van der Waals surface area contributed by atoms with E-state index in [0.29, 0.717) is 19.1 Å². The maximum atomic E-state index is 11.6. The first kappa shape index (κ1) is 14.8. The van der Waals surface area contributed by atoms with Crippen LogP contribution in [0.15, 0.2) is 0 Å². The Morgan fingerprint density at radius 1 is 1.37 bits per heavy atom. The van der Waals surface area contributed by atoms with Crippen LogP contribution >= 0.6 is 0 Å². The first-order chi connectivity index (χ1) is 9.11. The van der Waals surface area contributed by atoms with Crippen molar-refractivity contribution >= 4 is 5.97 Å². The van der Waals surface area contributed by atoms with Crippen LogP contribution in [0.1, 0.15) is 39.5 Å². The lowest BCUT2D eigenvalue weighted by Crippen LogP contribution is -2.54. The molecule has 2 aliphatic rings. The minimum absolute atomic E-state index is 0.0575. The van der Waals surface area contributed by atoms with Crippen LogP contribution in [-0.2, 0) is 9.53 Å². The molecule has 110 valence electrons. The summed E-state index contributed by atoms with van der Waals surface area (Å²) < 4.78 is 5.05. The quantitative estimate of drug-likeness (QED) is 0.727. The third-order valence-corrected chi connectivity index (χ3v) is 4.77. The number of ether oxygens (including phenoxy) is 1. The van der Waals surface area contributed by atoms with Crippen molar-refractivity contribution in [1.82, 2.24) is 9.80 Å². The Morgan fingerprint density at radius 2 is 2.16 bits per heavy atom. The molecule has 0 spiro atoms. The van der Waals surface area contributed by atoms with Gasteiger partial charge in [-0.05, 0) is 59.2 Å². The van der Waals surface area contributed by atoms with E-state index in [1.165, 1.54) is 25.8 Å². The molecule has 2 heterocycles. The average molecular weight is 268 g/mol. The summed E-state index contributed by atoms with van der Waals surface area (Å²) >= 11 is 0. The largest absolute Gasteiger partial charge is 0.466 e. The Morgan fingerprint density at radius 3 is 2.89 bits per heavy atom. The fourth-order valence-electron chi connectivity index (χ4n) is 3.67. The predicted molar refractivity (Wildman–Crippen MR) is 76.0 cm³/mol.